The molecule has 300 valence electrons. The van der Waals surface area contributed by atoms with Gasteiger partial charge in [-0.15, -0.1) is 0 Å². The lowest BCUT2D eigenvalue weighted by atomic mass is 10.1. The number of carbonyl (C=O) groups excluding carboxylic acids is 3. The molecule has 2 heterocycles. The number of Topliss-reactive ketones (excluding diaryl/α,β-unsaturated/α-hetero) is 1. The summed E-state index contributed by atoms with van der Waals surface area (Å²) < 4.78 is 26.2. The van der Waals surface area contributed by atoms with E-state index in [1.807, 2.05) is 111 Å². The molecule has 11 nitrogen and oxygen atoms in total. The van der Waals surface area contributed by atoms with E-state index in [0.29, 0.717) is 28.5 Å². The Balaban J connectivity index is 1.20. The number of aryl methyl sites for hydroxylation is 1. The molecule has 6 aromatic carbocycles. The van der Waals surface area contributed by atoms with Gasteiger partial charge >= 0.3 is 12.2 Å². The van der Waals surface area contributed by atoms with E-state index in [1.54, 1.807) is 61.7 Å². The lowest BCUT2D eigenvalue weighted by Crippen LogP contribution is -2.30. The molecule has 0 atom stereocenters. The topological polar surface area (TPSA) is 103 Å². The summed E-state index contributed by atoms with van der Waals surface area (Å²) in [6, 6.07) is 44.8. The van der Waals surface area contributed by atoms with Crippen LogP contribution >= 0.6 is 0 Å². The lowest BCUT2D eigenvalue weighted by Gasteiger charge is -2.23. The summed E-state index contributed by atoms with van der Waals surface area (Å²) in [4.78, 5) is 47.9. The second-order valence-electron chi connectivity index (χ2n) is 14.3. The maximum atomic E-state index is 14.5. The highest BCUT2D eigenvalue weighted by atomic mass is 16.6. The van der Waals surface area contributed by atoms with Crippen molar-refractivity contribution in [3.8, 4) is 23.0 Å². The highest BCUT2D eigenvalue weighted by molar-refractivity contribution is 6.17. The summed E-state index contributed by atoms with van der Waals surface area (Å²) in [5.41, 5.74) is 3.91. The minimum absolute atomic E-state index is 0.000825. The van der Waals surface area contributed by atoms with Gasteiger partial charge in [-0.1, -0.05) is 72.8 Å². The maximum absolute atomic E-state index is 14.5. The van der Waals surface area contributed by atoms with E-state index in [2.05, 4.69) is 9.47 Å². The zero-order chi connectivity index (χ0) is 41.6. The number of methoxy groups -OCH3 is 1. The van der Waals surface area contributed by atoms with Crippen LogP contribution in [0.4, 0.5) is 32.3 Å². The van der Waals surface area contributed by atoms with Crippen molar-refractivity contribution in [2.24, 2.45) is 0 Å². The molecule has 0 N–H and O–H groups in total. The summed E-state index contributed by atoms with van der Waals surface area (Å²) in [5.74, 6) is 0.0492. The molecule has 0 saturated heterocycles. The van der Waals surface area contributed by atoms with Crippen LogP contribution in [0.2, 0.25) is 0 Å². The van der Waals surface area contributed by atoms with Gasteiger partial charge in [-0.25, -0.2) is 19.4 Å². The van der Waals surface area contributed by atoms with Gasteiger partial charge in [-0.3, -0.25) is 4.79 Å². The van der Waals surface area contributed by atoms with Gasteiger partial charge < -0.3 is 28.4 Å². The standard InChI is InChI=1S/C49H42N4O7/c1-50(2)27-16-28-51-33-34(41-30-39(57-3)25-26-42(41)51)29-45-47(54)46-43(59-45)31-40(58-48(55)52(35-17-8-4-9-18-35)36-19-10-5-11-20-36)32-44(46)60-49(56)53(37-21-12-6-13-22-37)38-23-14-7-15-24-38/h4-15,17-26,29-33H,16,27-28H2,1-3H3. The first-order valence-electron chi connectivity index (χ1n) is 19.5. The van der Waals surface area contributed by atoms with Crippen molar-refractivity contribution < 1.29 is 33.3 Å². The minimum atomic E-state index is -0.800. The van der Waals surface area contributed by atoms with E-state index in [9.17, 15) is 14.4 Å². The van der Waals surface area contributed by atoms with Crippen molar-refractivity contribution in [1.29, 1.82) is 0 Å². The first kappa shape index (κ1) is 39.2. The third-order valence-corrected chi connectivity index (χ3v) is 9.95. The number of nitrogens with zero attached hydrogens (tertiary/aromatic N) is 4. The zero-order valence-corrected chi connectivity index (χ0v) is 33.4. The van der Waals surface area contributed by atoms with Crippen LogP contribution in [0, 0.1) is 0 Å². The Morgan fingerprint density at radius 1 is 0.667 bits per heavy atom. The largest absolute Gasteiger partial charge is 0.497 e. The number of aromatic nitrogens is 1. The van der Waals surface area contributed by atoms with Crippen molar-refractivity contribution in [2.75, 3.05) is 37.5 Å². The summed E-state index contributed by atoms with van der Waals surface area (Å²) in [7, 11) is 5.68. The summed E-state index contributed by atoms with van der Waals surface area (Å²) >= 11 is 0. The molecule has 2 amide bonds. The lowest BCUT2D eigenvalue weighted by molar-refractivity contribution is 0.101. The molecular weight excluding hydrogens is 757 g/mol. The van der Waals surface area contributed by atoms with Crippen molar-refractivity contribution in [3.63, 3.8) is 0 Å². The molecule has 0 saturated carbocycles. The molecule has 7 aromatic rings. The number of fused-ring (bicyclic) bond motifs is 2. The Labute approximate surface area is 347 Å². The predicted octanol–water partition coefficient (Wildman–Crippen LogP) is 10.9. The van der Waals surface area contributed by atoms with Crippen LogP contribution in [0.25, 0.3) is 17.0 Å². The van der Waals surface area contributed by atoms with Crippen LogP contribution in [0.5, 0.6) is 23.0 Å². The SMILES string of the molecule is COc1ccc2c(c1)c(C=C1Oc3cc(OC(=O)N(c4ccccc4)c4ccccc4)cc(OC(=O)N(c4ccccc4)c4ccccc4)c3C1=O)cn2CCCN(C)C. The monoisotopic (exact) mass is 798 g/mol. The molecule has 1 aliphatic heterocycles. The van der Waals surface area contributed by atoms with Gasteiger partial charge in [0, 0.05) is 41.3 Å². The minimum Gasteiger partial charge on any atom is -0.497 e. The summed E-state index contributed by atoms with van der Waals surface area (Å²) in [6.07, 6.45) is 3.03. The van der Waals surface area contributed by atoms with Crippen LogP contribution in [-0.2, 0) is 6.54 Å². The van der Waals surface area contributed by atoms with Gasteiger partial charge in [0.1, 0.15) is 22.8 Å². The molecule has 1 aliphatic rings. The number of carbonyl (C=O) groups is 3. The predicted molar refractivity (Wildman–Crippen MR) is 233 cm³/mol. The molecule has 0 fully saturated rings. The van der Waals surface area contributed by atoms with Crippen molar-refractivity contribution in [3.05, 3.63) is 175 Å². The van der Waals surface area contributed by atoms with E-state index < -0.39 is 18.0 Å². The first-order chi connectivity index (χ1) is 29.3. The van der Waals surface area contributed by atoms with Crippen LogP contribution in [0.1, 0.15) is 22.3 Å². The summed E-state index contributed by atoms with van der Waals surface area (Å²) in [5, 5.41) is 0.864. The number of rotatable bonds is 12. The summed E-state index contributed by atoms with van der Waals surface area (Å²) in [6.45, 7) is 1.65. The van der Waals surface area contributed by atoms with Crippen LogP contribution < -0.4 is 28.7 Å². The van der Waals surface area contributed by atoms with Gasteiger partial charge in [0.25, 0.3) is 0 Å². The normalized spacial score (nSPS) is 12.6. The highest BCUT2D eigenvalue weighted by Gasteiger charge is 2.35. The fourth-order valence-electron chi connectivity index (χ4n) is 7.14. The van der Waals surface area contributed by atoms with Gasteiger partial charge in [-0.05, 0) is 99.9 Å². The van der Waals surface area contributed by atoms with Gasteiger partial charge in [0.05, 0.1) is 29.9 Å². The number of hydrogen-bond acceptors (Lipinski definition) is 8. The number of hydrogen-bond donors (Lipinski definition) is 0. The number of para-hydroxylation sites is 4. The average Bonchev–Trinajstić information content (AvgIpc) is 3.77. The number of ketones is 1. The van der Waals surface area contributed by atoms with Gasteiger partial charge in [0.15, 0.2) is 11.5 Å². The van der Waals surface area contributed by atoms with E-state index in [4.69, 9.17) is 18.9 Å². The van der Waals surface area contributed by atoms with E-state index in [-0.39, 0.29) is 28.6 Å². The molecule has 1 aromatic heterocycles. The molecule has 0 radical (unpaired) electrons. The van der Waals surface area contributed by atoms with Crippen molar-refractivity contribution >= 4 is 57.7 Å². The Kier molecular flexibility index (Phi) is 11.4. The van der Waals surface area contributed by atoms with Crippen LogP contribution in [-0.4, -0.2) is 55.2 Å². The van der Waals surface area contributed by atoms with Crippen molar-refractivity contribution in [2.45, 2.75) is 13.0 Å². The fourth-order valence-corrected chi connectivity index (χ4v) is 7.14. The molecule has 0 bridgehead atoms. The molecule has 0 unspecified atom stereocenters. The second-order valence-corrected chi connectivity index (χ2v) is 14.3. The third kappa shape index (κ3) is 8.33. The Morgan fingerprint density at radius 3 is 1.72 bits per heavy atom. The highest BCUT2D eigenvalue weighted by Crippen LogP contribution is 2.43. The fraction of sp³-hybridized carbons (Fsp3) is 0.122. The molecule has 0 spiro atoms. The number of ether oxygens (including phenoxy) is 4. The average molecular weight is 799 g/mol. The smallest absolute Gasteiger partial charge is 0.424 e. The third-order valence-electron chi connectivity index (χ3n) is 9.95. The Bertz CT molecular complexity index is 2600. The van der Waals surface area contributed by atoms with E-state index >= 15 is 0 Å². The number of anilines is 4. The first-order valence-corrected chi connectivity index (χ1v) is 19.5. The second kappa shape index (κ2) is 17.5. The molecular formula is C49H42N4O7. The van der Waals surface area contributed by atoms with Gasteiger partial charge in [0.2, 0.25) is 5.78 Å². The van der Waals surface area contributed by atoms with Crippen molar-refractivity contribution in [1.82, 2.24) is 9.47 Å². The van der Waals surface area contributed by atoms with Crippen LogP contribution in [0.15, 0.2) is 164 Å². The quantitative estimate of drug-likeness (QED) is 0.113. The van der Waals surface area contributed by atoms with Gasteiger partial charge in [-0.2, -0.15) is 0 Å². The number of amides is 2. The van der Waals surface area contributed by atoms with Crippen LogP contribution in [0.3, 0.4) is 0 Å². The zero-order valence-electron chi connectivity index (χ0n) is 33.4. The molecule has 11 heteroatoms. The Hall–Kier alpha value is -7.63. The number of allylic oxidation sites excluding steroid dienone is 1. The maximum Gasteiger partial charge on any atom is 0.424 e. The van der Waals surface area contributed by atoms with E-state index in [0.717, 1.165) is 36.0 Å². The molecule has 8 rings (SSSR count). The number of benzene rings is 6. The van der Waals surface area contributed by atoms with E-state index in [1.165, 1.54) is 21.9 Å². The molecule has 0 aliphatic carbocycles. The molecule has 60 heavy (non-hydrogen) atoms. The Morgan fingerprint density at radius 2 is 1.20 bits per heavy atom.